The van der Waals surface area contributed by atoms with Gasteiger partial charge in [-0.1, -0.05) is 49.3 Å². The van der Waals surface area contributed by atoms with E-state index in [1.807, 2.05) is 6.92 Å². The van der Waals surface area contributed by atoms with Gasteiger partial charge in [-0.25, -0.2) is 8.42 Å². The number of hydrogen-bond acceptors (Lipinski definition) is 3. The summed E-state index contributed by atoms with van der Waals surface area (Å²) in [7, 11) is -4.97. The molecule has 0 saturated carbocycles. The van der Waals surface area contributed by atoms with Gasteiger partial charge in [0, 0.05) is 12.7 Å². The van der Waals surface area contributed by atoms with Crippen LogP contribution in [0, 0.1) is 18.4 Å². The molecule has 0 aliphatic carbocycles. The summed E-state index contributed by atoms with van der Waals surface area (Å²) >= 11 is 0. The molecule has 0 bridgehead atoms. The number of sulfonamides is 1. The molecule has 0 unspecified atom stereocenters. The van der Waals surface area contributed by atoms with Crippen LogP contribution in [-0.4, -0.2) is 40.6 Å². The van der Waals surface area contributed by atoms with Gasteiger partial charge >= 0.3 is 0 Å². The summed E-state index contributed by atoms with van der Waals surface area (Å²) in [6.07, 6.45) is 5.53. The van der Waals surface area contributed by atoms with Crippen molar-refractivity contribution in [3.05, 3.63) is 54.8 Å². The van der Waals surface area contributed by atoms with Crippen LogP contribution in [-0.2, 0) is 14.8 Å². The monoisotopic (exact) mass is 391 g/mol. The third-order valence-electron chi connectivity index (χ3n) is 3.30. The Hall–Kier alpha value is -1.81. The standard InChI is InChI=1S/C20H29NO3SSi/c1-6-7-14-21(15-8-16-24-17-9-18-26(3,4)5)25(22,23)20-12-10-19(2)11-13-20/h6,8,10-13,15H,1,7,14,16-17H2,2-5H3/b15-8+. The lowest BCUT2D eigenvalue weighted by molar-refractivity contribution is 0.198. The van der Waals surface area contributed by atoms with Crippen molar-refractivity contribution in [3.63, 3.8) is 0 Å². The second-order valence-electron chi connectivity index (χ2n) is 6.96. The molecule has 0 spiro atoms. The normalized spacial score (nSPS) is 11.8. The Kier molecular flexibility index (Phi) is 8.86. The minimum Gasteiger partial charge on any atom is -0.365 e. The van der Waals surface area contributed by atoms with Gasteiger partial charge in [-0.2, -0.15) is 0 Å². The first-order chi connectivity index (χ1) is 12.2. The number of ether oxygens (including phenoxy) is 1. The van der Waals surface area contributed by atoms with Gasteiger partial charge in [-0.15, -0.1) is 12.1 Å². The largest absolute Gasteiger partial charge is 0.365 e. The molecular formula is C20H29NO3SSi. The molecule has 0 saturated heterocycles. The molecule has 1 aromatic rings. The molecular weight excluding hydrogens is 362 g/mol. The molecule has 0 N–H and O–H groups in total. The smallest absolute Gasteiger partial charge is 0.263 e. The lowest BCUT2D eigenvalue weighted by atomic mass is 10.2. The van der Waals surface area contributed by atoms with Crippen LogP contribution in [0.2, 0.25) is 19.6 Å². The first-order valence-corrected chi connectivity index (χ1v) is 13.5. The van der Waals surface area contributed by atoms with Crippen molar-refractivity contribution in [2.24, 2.45) is 0 Å². The highest BCUT2D eigenvalue weighted by Crippen LogP contribution is 2.17. The number of rotatable bonds is 9. The molecule has 4 nitrogen and oxygen atoms in total. The van der Waals surface area contributed by atoms with Crippen molar-refractivity contribution in [2.45, 2.75) is 37.9 Å². The lowest BCUT2D eigenvalue weighted by Crippen LogP contribution is -2.27. The first kappa shape index (κ1) is 22.2. The SMILES string of the molecule is C=CCCN(/C=C/COCC#C[Si](C)(C)C)S(=O)(=O)c1ccc(C)cc1. The fourth-order valence-electron chi connectivity index (χ4n) is 1.98. The van der Waals surface area contributed by atoms with Crippen molar-refractivity contribution in [3.8, 4) is 11.5 Å². The summed E-state index contributed by atoms with van der Waals surface area (Å²) in [5.41, 5.74) is 4.24. The van der Waals surface area contributed by atoms with Crippen molar-refractivity contribution in [2.75, 3.05) is 19.8 Å². The van der Waals surface area contributed by atoms with Crippen LogP contribution in [0.4, 0.5) is 0 Å². The van der Waals surface area contributed by atoms with Gasteiger partial charge in [0.1, 0.15) is 14.7 Å². The molecule has 0 aliphatic heterocycles. The topological polar surface area (TPSA) is 46.6 Å². The average Bonchev–Trinajstić information content (AvgIpc) is 2.55. The number of nitrogens with zero attached hydrogens (tertiary/aromatic N) is 1. The van der Waals surface area contributed by atoms with E-state index in [4.69, 9.17) is 4.74 Å². The summed E-state index contributed by atoms with van der Waals surface area (Å²) in [6.45, 7) is 13.1. The second-order valence-corrected chi connectivity index (χ2v) is 13.6. The van der Waals surface area contributed by atoms with Gasteiger partial charge in [-0.3, -0.25) is 4.31 Å². The first-order valence-electron chi connectivity index (χ1n) is 8.60. The molecule has 0 amide bonds. The maximum absolute atomic E-state index is 12.8. The molecule has 6 heteroatoms. The Bertz CT molecular complexity index is 766. The number of benzene rings is 1. The Morgan fingerprint density at radius 1 is 1.23 bits per heavy atom. The van der Waals surface area contributed by atoms with Crippen LogP contribution in [0.3, 0.4) is 0 Å². The van der Waals surface area contributed by atoms with Crippen molar-refractivity contribution in [1.29, 1.82) is 0 Å². The quantitative estimate of drug-likeness (QED) is 0.277. The van der Waals surface area contributed by atoms with Crippen LogP contribution < -0.4 is 0 Å². The van der Waals surface area contributed by atoms with E-state index in [0.29, 0.717) is 26.2 Å². The molecule has 142 valence electrons. The molecule has 1 rings (SSSR count). The summed E-state index contributed by atoms with van der Waals surface area (Å²) in [5.74, 6) is 3.02. The highest BCUT2D eigenvalue weighted by Gasteiger charge is 2.20. The van der Waals surface area contributed by atoms with Crippen molar-refractivity contribution < 1.29 is 13.2 Å². The van der Waals surface area contributed by atoms with E-state index in [2.05, 4.69) is 37.7 Å². The van der Waals surface area contributed by atoms with Gasteiger partial charge in [-0.05, 0) is 31.6 Å². The molecule has 0 fully saturated rings. The fourth-order valence-corrected chi connectivity index (χ4v) is 3.92. The van der Waals surface area contributed by atoms with Crippen LogP contribution in [0.25, 0.3) is 0 Å². The van der Waals surface area contributed by atoms with E-state index in [1.165, 1.54) is 4.31 Å². The summed E-state index contributed by atoms with van der Waals surface area (Å²) in [4.78, 5) is 0.277. The van der Waals surface area contributed by atoms with Crippen molar-refractivity contribution >= 4 is 18.1 Å². The Morgan fingerprint density at radius 2 is 1.88 bits per heavy atom. The number of hydrogen-bond donors (Lipinski definition) is 0. The minimum absolute atomic E-state index is 0.277. The Labute approximate surface area is 159 Å². The molecule has 0 aliphatic rings. The third kappa shape index (κ3) is 8.04. The van der Waals surface area contributed by atoms with Gasteiger partial charge in [0.25, 0.3) is 10.0 Å². The predicted molar refractivity (Wildman–Crippen MR) is 111 cm³/mol. The van der Waals surface area contributed by atoms with E-state index in [9.17, 15) is 8.42 Å². The van der Waals surface area contributed by atoms with E-state index >= 15 is 0 Å². The number of aryl methyl sites for hydroxylation is 1. The molecule has 0 aromatic heterocycles. The highest BCUT2D eigenvalue weighted by molar-refractivity contribution is 7.89. The Morgan fingerprint density at radius 3 is 2.46 bits per heavy atom. The van der Waals surface area contributed by atoms with Crippen LogP contribution in [0.1, 0.15) is 12.0 Å². The predicted octanol–water partition coefficient (Wildman–Crippen LogP) is 3.97. The second kappa shape index (κ2) is 10.4. The fraction of sp³-hybridized carbons (Fsp3) is 0.400. The summed E-state index contributed by atoms with van der Waals surface area (Å²) in [6, 6.07) is 6.84. The summed E-state index contributed by atoms with van der Waals surface area (Å²) in [5, 5.41) is 0. The average molecular weight is 392 g/mol. The van der Waals surface area contributed by atoms with E-state index < -0.39 is 18.1 Å². The van der Waals surface area contributed by atoms with E-state index in [0.717, 1.165) is 5.56 Å². The zero-order valence-electron chi connectivity index (χ0n) is 16.2. The van der Waals surface area contributed by atoms with Crippen LogP contribution in [0.5, 0.6) is 0 Å². The van der Waals surface area contributed by atoms with Gasteiger partial charge < -0.3 is 4.74 Å². The van der Waals surface area contributed by atoms with Gasteiger partial charge in [0.05, 0.1) is 11.5 Å². The molecule has 0 atom stereocenters. The van der Waals surface area contributed by atoms with E-state index in [-0.39, 0.29) is 4.90 Å². The third-order valence-corrected chi connectivity index (χ3v) is 6.02. The molecule has 1 aromatic carbocycles. The maximum atomic E-state index is 12.8. The van der Waals surface area contributed by atoms with Crippen molar-refractivity contribution in [1.82, 2.24) is 4.31 Å². The summed E-state index contributed by atoms with van der Waals surface area (Å²) < 4.78 is 32.4. The maximum Gasteiger partial charge on any atom is 0.263 e. The Balaban J connectivity index is 2.75. The van der Waals surface area contributed by atoms with Crippen LogP contribution >= 0.6 is 0 Å². The highest BCUT2D eigenvalue weighted by atomic mass is 32.2. The van der Waals surface area contributed by atoms with Gasteiger partial charge in [0.2, 0.25) is 0 Å². The molecule has 0 radical (unpaired) electrons. The molecule has 26 heavy (non-hydrogen) atoms. The minimum atomic E-state index is -3.59. The zero-order valence-corrected chi connectivity index (χ0v) is 18.0. The zero-order chi connectivity index (χ0) is 19.6. The van der Waals surface area contributed by atoms with Crippen LogP contribution in [0.15, 0.2) is 54.1 Å². The van der Waals surface area contributed by atoms with E-state index in [1.54, 1.807) is 42.6 Å². The lowest BCUT2D eigenvalue weighted by Gasteiger charge is -2.20. The van der Waals surface area contributed by atoms with Gasteiger partial charge in [0.15, 0.2) is 0 Å². The molecule has 0 heterocycles.